The molecule has 0 unspecified atom stereocenters. The molecule has 0 aromatic carbocycles. The Labute approximate surface area is 100 Å². The first-order chi connectivity index (χ1) is 7.72. The molecule has 1 heterocycles. The summed E-state index contributed by atoms with van der Waals surface area (Å²) in [6.07, 6.45) is 4.99. The summed E-state index contributed by atoms with van der Waals surface area (Å²) in [5.41, 5.74) is 2.41. The van der Waals surface area contributed by atoms with Crippen molar-refractivity contribution in [1.82, 2.24) is 4.90 Å². The molecule has 2 rings (SSSR count). The lowest BCUT2D eigenvalue weighted by atomic mass is 9.87. The molecule has 0 aromatic heterocycles. The molecule has 2 aliphatic rings. The largest absolute Gasteiger partial charge is 0.378 e. The molecule has 0 N–H and O–H groups in total. The van der Waals surface area contributed by atoms with Gasteiger partial charge in [-0.15, -0.1) is 0 Å². The Morgan fingerprint density at radius 2 is 2.19 bits per heavy atom. The summed E-state index contributed by atoms with van der Waals surface area (Å²) in [5.74, 6) is 0.409. The minimum Gasteiger partial charge on any atom is -0.378 e. The average molecular weight is 231 g/mol. The molecule has 0 bridgehead atoms. The lowest BCUT2D eigenvalue weighted by molar-refractivity contribution is 0.474. The smallest absolute Gasteiger partial charge is 0.100 e. The van der Waals surface area contributed by atoms with Crippen LogP contribution in [-0.2, 0) is 0 Å². The molecule has 2 atom stereocenters. The zero-order valence-electron chi connectivity index (χ0n) is 9.40. The number of nitrogens with zero attached hydrogens (tertiary/aromatic N) is 3. The van der Waals surface area contributed by atoms with Gasteiger partial charge in [0.2, 0.25) is 0 Å². The van der Waals surface area contributed by atoms with Gasteiger partial charge >= 0.3 is 0 Å². The van der Waals surface area contributed by atoms with Crippen LogP contribution < -0.4 is 0 Å². The van der Waals surface area contributed by atoms with E-state index in [0.29, 0.717) is 17.1 Å². The fourth-order valence-corrected chi connectivity index (χ4v) is 3.51. The summed E-state index contributed by atoms with van der Waals surface area (Å²) in [6.45, 7) is 1.02. The molecule has 4 heteroatoms. The van der Waals surface area contributed by atoms with Gasteiger partial charge in [-0.1, -0.05) is 0 Å². The third-order valence-electron chi connectivity index (χ3n) is 3.32. The van der Waals surface area contributed by atoms with Crippen LogP contribution in [-0.4, -0.2) is 30.0 Å². The number of nitriles is 2. The number of thioether (sulfide) groups is 1. The Kier molecular flexibility index (Phi) is 2.94. The van der Waals surface area contributed by atoms with Crippen molar-refractivity contribution in [1.29, 1.82) is 10.5 Å². The highest BCUT2D eigenvalue weighted by molar-refractivity contribution is 7.99. The van der Waals surface area contributed by atoms with Crippen LogP contribution in [0.3, 0.4) is 0 Å². The molecule has 82 valence electrons. The van der Waals surface area contributed by atoms with Gasteiger partial charge in [0.15, 0.2) is 0 Å². The molecule has 0 saturated carbocycles. The molecular weight excluding hydrogens is 218 g/mol. The van der Waals surface area contributed by atoms with Gasteiger partial charge in [0.05, 0.1) is 17.2 Å². The fourth-order valence-electron chi connectivity index (χ4n) is 2.50. The van der Waals surface area contributed by atoms with Gasteiger partial charge in [0.1, 0.15) is 6.07 Å². The van der Waals surface area contributed by atoms with E-state index in [9.17, 15) is 0 Å². The monoisotopic (exact) mass is 231 g/mol. The van der Waals surface area contributed by atoms with Crippen molar-refractivity contribution < 1.29 is 0 Å². The molecule has 1 aliphatic heterocycles. The van der Waals surface area contributed by atoms with Crippen molar-refractivity contribution in [2.45, 2.75) is 11.7 Å². The Morgan fingerprint density at radius 1 is 1.44 bits per heavy atom. The van der Waals surface area contributed by atoms with Crippen LogP contribution >= 0.6 is 11.8 Å². The first-order valence-corrected chi connectivity index (χ1v) is 6.51. The third-order valence-corrected chi connectivity index (χ3v) is 4.40. The van der Waals surface area contributed by atoms with Crippen molar-refractivity contribution in [3.8, 4) is 12.1 Å². The maximum absolute atomic E-state index is 9.16. The first-order valence-electron chi connectivity index (χ1n) is 5.22. The molecule has 1 aliphatic carbocycles. The second-order valence-corrected chi connectivity index (χ2v) is 5.07. The average Bonchev–Trinajstić information content (AvgIpc) is 2.68. The lowest BCUT2D eigenvalue weighted by Crippen LogP contribution is -2.25. The summed E-state index contributed by atoms with van der Waals surface area (Å²) in [6, 6.07) is 4.35. The zero-order valence-corrected chi connectivity index (χ0v) is 10.2. The Hall–Kier alpha value is -1.39. The summed E-state index contributed by atoms with van der Waals surface area (Å²) in [5, 5.41) is 18.4. The second-order valence-electron chi connectivity index (χ2n) is 4.09. The van der Waals surface area contributed by atoms with Crippen LogP contribution in [0.5, 0.6) is 0 Å². The van der Waals surface area contributed by atoms with E-state index in [-0.39, 0.29) is 5.25 Å². The van der Waals surface area contributed by atoms with Crippen molar-refractivity contribution in [3.63, 3.8) is 0 Å². The van der Waals surface area contributed by atoms with E-state index in [1.54, 1.807) is 11.8 Å². The van der Waals surface area contributed by atoms with E-state index >= 15 is 0 Å². The predicted molar refractivity (Wildman–Crippen MR) is 64.4 cm³/mol. The fraction of sp³-hybridized carbons (Fsp3) is 0.500. The topological polar surface area (TPSA) is 50.8 Å². The van der Waals surface area contributed by atoms with E-state index in [2.05, 4.69) is 24.1 Å². The number of hydrogen-bond acceptors (Lipinski definition) is 4. The molecule has 3 nitrogen and oxygen atoms in total. The van der Waals surface area contributed by atoms with E-state index < -0.39 is 0 Å². The second kappa shape index (κ2) is 4.23. The van der Waals surface area contributed by atoms with Crippen LogP contribution in [0.15, 0.2) is 22.9 Å². The van der Waals surface area contributed by atoms with Crippen molar-refractivity contribution in [2.24, 2.45) is 5.92 Å². The number of rotatable bonds is 1. The Balaban J connectivity index is 2.51. The van der Waals surface area contributed by atoms with Gasteiger partial charge in [-0.05, 0) is 18.8 Å². The van der Waals surface area contributed by atoms with E-state index in [4.69, 9.17) is 10.5 Å². The summed E-state index contributed by atoms with van der Waals surface area (Å²) in [4.78, 5) is 2.19. The predicted octanol–water partition coefficient (Wildman–Crippen LogP) is 1.91. The third kappa shape index (κ3) is 1.50. The number of hydrogen-bond donors (Lipinski definition) is 0. The highest BCUT2D eigenvalue weighted by Crippen LogP contribution is 2.42. The Morgan fingerprint density at radius 3 is 2.75 bits per heavy atom. The summed E-state index contributed by atoms with van der Waals surface area (Å²) >= 11 is 1.68. The van der Waals surface area contributed by atoms with Crippen molar-refractivity contribution in [3.05, 3.63) is 22.9 Å². The maximum atomic E-state index is 9.16. The van der Waals surface area contributed by atoms with Gasteiger partial charge in [0, 0.05) is 30.5 Å². The highest BCUT2D eigenvalue weighted by atomic mass is 32.2. The van der Waals surface area contributed by atoms with Crippen LogP contribution in [0.4, 0.5) is 0 Å². The van der Waals surface area contributed by atoms with Gasteiger partial charge in [-0.2, -0.15) is 22.3 Å². The number of likely N-dealkylation sites (tertiary alicyclic amines) is 1. The molecule has 0 spiro atoms. The highest BCUT2D eigenvalue weighted by Gasteiger charge is 2.38. The number of allylic oxidation sites excluding steroid dienone is 3. The molecule has 1 fully saturated rings. The SMILES string of the molecule is CS[C@H]1C(C#N)=C(C#N)C=C2[C@@H]1CCN2C. The standard InChI is InChI=1S/C12H13N3S/c1-15-4-3-9-11(15)5-8(6-13)10(7-14)12(9)16-2/h5,9,12H,3-4H2,1-2H3/t9-,12+/m0/s1. The molecule has 0 amide bonds. The van der Waals surface area contributed by atoms with Gasteiger partial charge in [-0.3, -0.25) is 0 Å². The zero-order chi connectivity index (χ0) is 11.7. The minimum atomic E-state index is 0.157. The minimum absolute atomic E-state index is 0.157. The summed E-state index contributed by atoms with van der Waals surface area (Å²) < 4.78 is 0. The van der Waals surface area contributed by atoms with Crippen LogP contribution in [0.1, 0.15) is 6.42 Å². The lowest BCUT2D eigenvalue weighted by Gasteiger charge is -2.28. The Bertz CT molecular complexity index is 450. The molecule has 1 saturated heterocycles. The van der Waals surface area contributed by atoms with Crippen LogP contribution in [0, 0.1) is 28.6 Å². The normalized spacial score (nSPS) is 28.2. The van der Waals surface area contributed by atoms with Crippen molar-refractivity contribution >= 4 is 11.8 Å². The maximum Gasteiger partial charge on any atom is 0.100 e. The van der Waals surface area contributed by atoms with Gasteiger partial charge < -0.3 is 4.90 Å². The van der Waals surface area contributed by atoms with Gasteiger partial charge in [0.25, 0.3) is 0 Å². The summed E-state index contributed by atoms with van der Waals surface area (Å²) in [7, 11) is 2.05. The molecule has 0 radical (unpaired) electrons. The number of fused-ring (bicyclic) bond motifs is 1. The quantitative estimate of drug-likeness (QED) is 0.691. The first kappa shape index (κ1) is 11.1. The van der Waals surface area contributed by atoms with Crippen LogP contribution in [0.2, 0.25) is 0 Å². The van der Waals surface area contributed by atoms with Gasteiger partial charge in [-0.25, -0.2) is 0 Å². The van der Waals surface area contributed by atoms with E-state index in [1.165, 1.54) is 5.70 Å². The van der Waals surface area contributed by atoms with Crippen LogP contribution in [0.25, 0.3) is 0 Å². The molecule has 16 heavy (non-hydrogen) atoms. The van der Waals surface area contributed by atoms with Crippen molar-refractivity contribution in [2.75, 3.05) is 19.8 Å². The molecular formula is C12H13N3S. The van der Waals surface area contributed by atoms with E-state index in [0.717, 1.165) is 13.0 Å². The van der Waals surface area contributed by atoms with E-state index in [1.807, 2.05) is 12.3 Å². The molecule has 0 aromatic rings.